The maximum Gasteiger partial charge on any atom is 0.257 e. The number of nitrogens with zero attached hydrogens (tertiary/aromatic N) is 2. The molecule has 2 fully saturated rings. The Morgan fingerprint density at radius 2 is 1.62 bits per heavy atom. The highest BCUT2D eigenvalue weighted by Crippen LogP contribution is 2.25. The molecule has 0 N–H and O–H groups in total. The molecule has 0 aliphatic carbocycles. The van der Waals surface area contributed by atoms with Gasteiger partial charge >= 0.3 is 0 Å². The molecule has 2 heterocycles. The minimum absolute atomic E-state index is 0.00900. The molecule has 0 atom stereocenters. The molecule has 2 aliphatic rings. The van der Waals surface area contributed by atoms with Gasteiger partial charge in [0.25, 0.3) is 5.91 Å². The number of carbonyl (C=O) groups excluding carboxylic acids is 2. The van der Waals surface area contributed by atoms with E-state index in [9.17, 15) is 9.59 Å². The average Bonchev–Trinajstić information content (AvgIpc) is 2.97. The van der Waals surface area contributed by atoms with Crippen LogP contribution in [0.5, 0.6) is 5.75 Å². The van der Waals surface area contributed by atoms with Crippen LogP contribution < -0.4 is 4.74 Å². The van der Waals surface area contributed by atoms with E-state index in [1.54, 1.807) is 0 Å². The minimum Gasteiger partial charge on any atom is -0.493 e. The number of amides is 2. The predicted molar refractivity (Wildman–Crippen MR) is 101 cm³/mol. The van der Waals surface area contributed by atoms with Crippen LogP contribution in [0.15, 0.2) is 24.3 Å². The highest BCUT2D eigenvalue weighted by Gasteiger charge is 2.31. The largest absolute Gasteiger partial charge is 0.493 e. The molecule has 0 bridgehead atoms. The van der Waals surface area contributed by atoms with Gasteiger partial charge < -0.3 is 14.5 Å². The van der Waals surface area contributed by atoms with Crippen LogP contribution >= 0.6 is 0 Å². The zero-order chi connectivity index (χ0) is 18.4. The third kappa shape index (κ3) is 4.37. The van der Waals surface area contributed by atoms with E-state index in [0.29, 0.717) is 36.9 Å². The fourth-order valence-electron chi connectivity index (χ4n) is 3.97. The van der Waals surface area contributed by atoms with E-state index in [1.165, 1.54) is 12.8 Å². The topological polar surface area (TPSA) is 49.9 Å². The monoisotopic (exact) mass is 358 g/mol. The molecule has 2 aliphatic heterocycles. The summed E-state index contributed by atoms with van der Waals surface area (Å²) in [6, 6.07) is 7.41. The molecule has 5 nitrogen and oxygen atoms in total. The first-order valence-electron chi connectivity index (χ1n) is 10.0. The van der Waals surface area contributed by atoms with E-state index >= 15 is 0 Å². The molecule has 26 heavy (non-hydrogen) atoms. The van der Waals surface area contributed by atoms with Gasteiger partial charge in [0.15, 0.2) is 0 Å². The van der Waals surface area contributed by atoms with Gasteiger partial charge in [-0.05, 0) is 44.7 Å². The summed E-state index contributed by atoms with van der Waals surface area (Å²) in [6.45, 7) is 5.55. The van der Waals surface area contributed by atoms with Crippen molar-refractivity contribution in [1.29, 1.82) is 0 Å². The Bertz CT molecular complexity index is 615. The van der Waals surface area contributed by atoms with Crippen LogP contribution in [0.3, 0.4) is 0 Å². The van der Waals surface area contributed by atoms with Crippen LogP contribution in [0.25, 0.3) is 0 Å². The molecule has 0 radical (unpaired) electrons. The first kappa shape index (κ1) is 18.7. The maximum absolute atomic E-state index is 12.9. The minimum atomic E-state index is 0.00900. The summed E-state index contributed by atoms with van der Waals surface area (Å²) >= 11 is 0. The second-order valence-corrected chi connectivity index (χ2v) is 7.24. The lowest BCUT2D eigenvalue weighted by molar-refractivity contribution is -0.136. The van der Waals surface area contributed by atoms with E-state index in [4.69, 9.17) is 4.74 Å². The lowest BCUT2D eigenvalue weighted by Crippen LogP contribution is -2.44. The number of hydrogen-bond donors (Lipinski definition) is 0. The van der Waals surface area contributed by atoms with Crippen LogP contribution in [0.1, 0.15) is 55.8 Å². The smallest absolute Gasteiger partial charge is 0.257 e. The Morgan fingerprint density at radius 3 is 2.27 bits per heavy atom. The third-order valence-corrected chi connectivity index (χ3v) is 5.47. The summed E-state index contributed by atoms with van der Waals surface area (Å²) in [5.41, 5.74) is 0.617. The molecule has 0 unspecified atom stereocenters. The third-order valence-electron chi connectivity index (χ3n) is 5.47. The normalized spacial score (nSPS) is 19.1. The quantitative estimate of drug-likeness (QED) is 0.829. The van der Waals surface area contributed by atoms with Gasteiger partial charge in [0.05, 0.1) is 12.2 Å². The van der Waals surface area contributed by atoms with Crippen LogP contribution in [-0.2, 0) is 4.79 Å². The van der Waals surface area contributed by atoms with Gasteiger partial charge in [-0.1, -0.05) is 25.0 Å². The summed E-state index contributed by atoms with van der Waals surface area (Å²) in [6.07, 6.45) is 6.23. The lowest BCUT2D eigenvalue weighted by Gasteiger charge is -2.34. The molecule has 1 aromatic carbocycles. The van der Waals surface area contributed by atoms with Crippen molar-refractivity contribution < 1.29 is 14.3 Å². The van der Waals surface area contributed by atoms with Gasteiger partial charge in [0.1, 0.15) is 5.75 Å². The number of carbonyl (C=O) groups is 2. The lowest BCUT2D eigenvalue weighted by atomic mass is 9.94. The molecule has 5 heteroatoms. The Labute approximate surface area is 156 Å². The van der Waals surface area contributed by atoms with Crippen molar-refractivity contribution in [3.63, 3.8) is 0 Å². The average molecular weight is 358 g/mol. The molecule has 0 saturated carbocycles. The summed E-state index contributed by atoms with van der Waals surface area (Å²) in [5.74, 6) is 1.02. The Kier molecular flexibility index (Phi) is 6.53. The second-order valence-electron chi connectivity index (χ2n) is 7.24. The Morgan fingerprint density at radius 1 is 0.962 bits per heavy atom. The molecule has 1 aromatic rings. The number of ether oxygens (including phenoxy) is 1. The van der Waals surface area contributed by atoms with Gasteiger partial charge in [0.2, 0.25) is 5.91 Å². The van der Waals surface area contributed by atoms with Crippen molar-refractivity contribution in [2.45, 2.75) is 45.4 Å². The van der Waals surface area contributed by atoms with Gasteiger partial charge in [0, 0.05) is 32.1 Å². The molecular weight excluding hydrogens is 328 g/mol. The molecule has 2 saturated heterocycles. The van der Waals surface area contributed by atoms with Crippen LogP contribution in [0, 0.1) is 5.92 Å². The molecule has 0 aromatic heterocycles. The maximum atomic E-state index is 12.9. The first-order chi connectivity index (χ1) is 12.7. The summed E-state index contributed by atoms with van der Waals surface area (Å²) in [5, 5.41) is 0. The number of rotatable bonds is 4. The van der Waals surface area contributed by atoms with E-state index < -0.39 is 0 Å². The van der Waals surface area contributed by atoms with Crippen LogP contribution in [0.4, 0.5) is 0 Å². The number of para-hydroxylation sites is 1. The van der Waals surface area contributed by atoms with Gasteiger partial charge in [-0.15, -0.1) is 0 Å². The molecule has 3 rings (SSSR count). The number of benzene rings is 1. The zero-order valence-electron chi connectivity index (χ0n) is 15.8. The zero-order valence-corrected chi connectivity index (χ0v) is 15.8. The predicted octanol–water partition coefficient (Wildman–Crippen LogP) is 3.34. The fraction of sp³-hybridized carbons (Fsp3) is 0.619. The summed E-state index contributed by atoms with van der Waals surface area (Å²) in [4.78, 5) is 29.6. The van der Waals surface area contributed by atoms with E-state index in [1.807, 2.05) is 36.1 Å². The van der Waals surface area contributed by atoms with E-state index in [-0.39, 0.29) is 11.8 Å². The number of hydrogen-bond acceptors (Lipinski definition) is 3. The summed E-state index contributed by atoms with van der Waals surface area (Å²) in [7, 11) is 0. The van der Waals surface area contributed by atoms with Crippen LogP contribution in [0.2, 0.25) is 0 Å². The van der Waals surface area contributed by atoms with E-state index in [2.05, 4.69) is 4.90 Å². The number of likely N-dealkylation sites (tertiary alicyclic amines) is 2. The highest BCUT2D eigenvalue weighted by molar-refractivity contribution is 5.97. The van der Waals surface area contributed by atoms with Crippen molar-refractivity contribution in [3.8, 4) is 5.75 Å². The highest BCUT2D eigenvalue weighted by atomic mass is 16.5. The van der Waals surface area contributed by atoms with Crippen LogP contribution in [-0.4, -0.2) is 54.4 Å². The standard InChI is InChI=1S/C21H30N2O3/c1-2-26-19-10-6-5-9-18(19)21(25)23-15-11-17(12-16-23)20(24)22-13-7-3-4-8-14-22/h5-6,9-10,17H,2-4,7-8,11-16H2,1H3. The van der Waals surface area contributed by atoms with Crippen molar-refractivity contribution in [2.24, 2.45) is 5.92 Å². The SMILES string of the molecule is CCOc1ccccc1C(=O)N1CCC(C(=O)N2CCCCCC2)CC1. The Balaban J connectivity index is 1.58. The second kappa shape index (κ2) is 9.06. The molecular formula is C21H30N2O3. The van der Waals surface area contributed by atoms with Crippen molar-refractivity contribution in [3.05, 3.63) is 29.8 Å². The van der Waals surface area contributed by atoms with E-state index in [0.717, 1.165) is 38.8 Å². The molecule has 0 spiro atoms. The van der Waals surface area contributed by atoms with Crippen molar-refractivity contribution in [1.82, 2.24) is 9.80 Å². The summed E-state index contributed by atoms with van der Waals surface area (Å²) < 4.78 is 5.59. The molecule has 2 amide bonds. The van der Waals surface area contributed by atoms with Gasteiger partial charge in [-0.2, -0.15) is 0 Å². The Hall–Kier alpha value is -2.04. The number of piperidine rings is 1. The molecule has 142 valence electrons. The van der Waals surface area contributed by atoms with Gasteiger partial charge in [-0.25, -0.2) is 0 Å². The fourth-order valence-corrected chi connectivity index (χ4v) is 3.97. The van der Waals surface area contributed by atoms with Crippen molar-refractivity contribution >= 4 is 11.8 Å². The van der Waals surface area contributed by atoms with Gasteiger partial charge in [-0.3, -0.25) is 9.59 Å². The van der Waals surface area contributed by atoms with Crippen molar-refractivity contribution in [2.75, 3.05) is 32.8 Å². The first-order valence-corrected chi connectivity index (χ1v) is 10.0.